The minimum atomic E-state index is 0.871. The average molecular weight is 517 g/mol. The Balaban J connectivity index is 1.45. The van der Waals surface area contributed by atoms with E-state index in [-0.39, 0.29) is 0 Å². The molecule has 0 aliphatic heterocycles. The number of aromatic nitrogens is 2. The lowest BCUT2D eigenvalue weighted by atomic mass is 10.1. The quantitative estimate of drug-likeness (QED) is 0.229. The molecule has 6 aromatic carbocycles. The Morgan fingerprint density at radius 2 is 1.33 bits per heavy atom. The van der Waals surface area contributed by atoms with Gasteiger partial charge in [0.15, 0.2) is 5.58 Å². The van der Waals surface area contributed by atoms with Gasteiger partial charge in [-0.3, -0.25) is 4.57 Å². The number of furan rings is 1. The predicted octanol–water partition coefficient (Wildman–Crippen LogP) is 10.1. The molecule has 4 heteroatoms. The molecule has 9 rings (SSSR count). The monoisotopic (exact) mass is 516 g/mol. The number of nitrogens with zero attached hydrogens (tertiary/aromatic N) is 2. The number of hydrogen-bond donors (Lipinski definition) is 0. The molecule has 0 radical (unpaired) electrons. The van der Waals surface area contributed by atoms with Crippen molar-refractivity contribution in [2.75, 3.05) is 0 Å². The number of imidazole rings is 1. The zero-order valence-corrected chi connectivity index (χ0v) is 21.6. The van der Waals surface area contributed by atoms with Crippen LogP contribution >= 0.6 is 11.3 Å². The number of hydrogen-bond acceptors (Lipinski definition) is 3. The average Bonchev–Trinajstić information content (AvgIpc) is 3.67. The van der Waals surface area contributed by atoms with E-state index in [1.807, 2.05) is 23.5 Å². The van der Waals surface area contributed by atoms with Crippen LogP contribution in [0.15, 0.2) is 126 Å². The molecule has 3 heterocycles. The van der Waals surface area contributed by atoms with E-state index in [9.17, 15) is 0 Å². The first-order chi connectivity index (χ1) is 19.3. The van der Waals surface area contributed by atoms with Crippen LogP contribution in [0.25, 0.3) is 81.0 Å². The van der Waals surface area contributed by atoms with E-state index in [0.29, 0.717) is 0 Å². The lowest BCUT2D eigenvalue weighted by Crippen LogP contribution is -1.98. The summed E-state index contributed by atoms with van der Waals surface area (Å²) in [5.74, 6) is 0.922. The standard InChI is InChI=1S/C35H20N2OS/c1-2-10-22-20-30-28(19-21(22)9-1)36-35(27-15-7-14-26-24-12-4-6-18-32(24)39-34(26)27)37(30)29-16-8-13-25-23-11-3-5-17-31(23)38-33(25)29/h1-20H. The van der Waals surface area contributed by atoms with E-state index >= 15 is 0 Å². The summed E-state index contributed by atoms with van der Waals surface area (Å²) in [5, 5.41) is 7.15. The molecule has 0 aliphatic rings. The van der Waals surface area contributed by atoms with Crippen LogP contribution in [0, 0.1) is 0 Å². The Bertz CT molecular complexity index is 2410. The Morgan fingerprint density at radius 1 is 0.615 bits per heavy atom. The first kappa shape index (κ1) is 21.1. The van der Waals surface area contributed by atoms with Crippen LogP contribution in [0.4, 0.5) is 0 Å². The zero-order valence-electron chi connectivity index (χ0n) is 20.8. The highest BCUT2D eigenvalue weighted by Gasteiger charge is 2.22. The Hall–Kier alpha value is -4.93. The third-order valence-corrected chi connectivity index (χ3v) is 9.01. The first-order valence-corrected chi connectivity index (χ1v) is 13.9. The number of benzene rings is 6. The van der Waals surface area contributed by atoms with Gasteiger partial charge < -0.3 is 4.42 Å². The fourth-order valence-electron chi connectivity index (χ4n) is 6.02. The molecule has 3 nitrogen and oxygen atoms in total. The van der Waals surface area contributed by atoms with Gasteiger partial charge in [-0.1, -0.05) is 84.9 Å². The third-order valence-electron chi connectivity index (χ3n) is 7.79. The highest BCUT2D eigenvalue weighted by molar-refractivity contribution is 7.26. The molecule has 0 atom stereocenters. The minimum absolute atomic E-state index is 0.871. The molecule has 0 amide bonds. The molecule has 0 spiro atoms. The lowest BCUT2D eigenvalue weighted by Gasteiger charge is -2.11. The molecular weight excluding hydrogens is 496 g/mol. The van der Waals surface area contributed by atoms with Gasteiger partial charge >= 0.3 is 0 Å². The highest BCUT2D eigenvalue weighted by Crippen LogP contribution is 2.42. The van der Waals surface area contributed by atoms with Crippen molar-refractivity contribution in [3.05, 3.63) is 121 Å². The SMILES string of the molecule is c1ccc2cc3c(cc2c1)nc(-c1cccc2c1sc1ccccc12)n3-c1cccc2c1oc1ccccc12. The van der Waals surface area contributed by atoms with Gasteiger partial charge in [0.1, 0.15) is 11.4 Å². The van der Waals surface area contributed by atoms with Crippen molar-refractivity contribution >= 4 is 75.3 Å². The number of para-hydroxylation sites is 2. The van der Waals surface area contributed by atoms with E-state index in [1.165, 1.54) is 30.9 Å². The van der Waals surface area contributed by atoms with Crippen molar-refractivity contribution in [1.82, 2.24) is 9.55 Å². The third kappa shape index (κ3) is 2.95. The molecule has 0 N–H and O–H groups in total. The van der Waals surface area contributed by atoms with Crippen molar-refractivity contribution in [1.29, 1.82) is 0 Å². The van der Waals surface area contributed by atoms with Gasteiger partial charge in [0, 0.05) is 36.5 Å². The van der Waals surface area contributed by atoms with Gasteiger partial charge in [-0.05, 0) is 47.2 Å². The fraction of sp³-hybridized carbons (Fsp3) is 0. The van der Waals surface area contributed by atoms with Crippen molar-refractivity contribution in [3.63, 3.8) is 0 Å². The van der Waals surface area contributed by atoms with E-state index < -0.39 is 0 Å². The van der Waals surface area contributed by atoms with Gasteiger partial charge in [0.05, 0.1) is 16.7 Å². The largest absolute Gasteiger partial charge is 0.454 e. The van der Waals surface area contributed by atoms with Crippen LogP contribution in [0.2, 0.25) is 0 Å². The number of fused-ring (bicyclic) bond motifs is 8. The van der Waals surface area contributed by atoms with Gasteiger partial charge in [-0.25, -0.2) is 4.98 Å². The van der Waals surface area contributed by atoms with Crippen LogP contribution in [0.5, 0.6) is 0 Å². The normalized spacial score (nSPS) is 12.1. The summed E-state index contributed by atoms with van der Waals surface area (Å²) < 4.78 is 11.4. The van der Waals surface area contributed by atoms with Gasteiger partial charge in [-0.2, -0.15) is 0 Å². The second-order valence-corrected chi connectivity index (χ2v) is 11.0. The summed E-state index contributed by atoms with van der Waals surface area (Å²) in [6, 6.07) is 42.8. The van der Waals surface area contributed by atoms with Crippen molar-refractivity contribution in [2.24, 2.45) is 0 Å². The summed E-state index contributed by atoms with van der Waals surface area (Å²) in [6.07, 6.45) is 0. The molecule has 182 valence electrons. The Morgan fingerprint density at radius 3 is 2.26 bits per heavy atom. The molecule has 0 bridgehead atoms. The maximum Gasteiger partial charge on any atom is 0.159 e. The second-order valence-electron chi connectivity index (χ2n) is 9.99. The molecule has 39 heavy (non-hydrogen) atoms. The summed E-state index contributed by atoms with van der Waals surface area (Å²) in [6.45, 7) is 0. The van der Waals surface area contributed by atoms with Gasteiger partial charge in [-0.15, -0.1) is 11.3 Å². The van der Waals surface area contributed by atoms with E-state index in [0.717, 1.165) is 50.0 Å². The highest BCUT2D eigenvalue weighted by atomic mass is 32.1. The van der Waals surface area contributed by atoms with Crippen LogP contribution in [-0.4, -0.2) is 9.55 Å². The zero-order chi connectivity index (χ0) is 25.5. The van der Waals surface area contributed by atoms with Crippen LogP contribution < -0.4 is 0 Å². The molecule has 0 fully saturated rings. The summed E-state index contributed by atoms with van der Waals surface area (Å²) in [5.41, 5.74) is 5.92. The van der Waals surface area contributed by atoms with E-state index in [1.54, 1.807) is 0 Å². The molecule has 0 saturated carbocycles. The first-order valence-electron chi connectivity index (χ1n) is 13.1. The van der Waals surface area contributed by atoms with Crippen LogP contribution in [0.3, 0.4) is 0 Å². The maximum absolute atomic E-state index is 6.52. The maximum atomic E-state index is 6.52. The lowest BCUT2D eigenvalue weighted by molar-refractivity contribution is 0.666. The second kappa shape index (κ2) is 7.79. The van der Waals surface area contributed by atoms with Crippen LogP contribution in [-0.2, 0) is 0 Å². The van der Waals surface area contributed by atoms with E-state index in [4.69, 9.17) is 9.40 Å². The fourth-order valence-corrected chi connectivity index (χ4v) is 7.23. The molecule has 9 aromatic rings. The number of thiophene rings is 1. The van der Waals surface area contributed by atoms with Crippen molar-refractivity contribution in [3.8, 4) is 17.1 Å². The topological polar surface area (TPSA) is 31.0 Å². The summed E-state index contributed by atoms with van der Waals surface area (Å²) in [7, 11) is 0. The molecule has 0 saturated heterocycles. The Kier molecular flexibility index (Phi) is 4.21. The Labute approximate surface area is 227 Å². The van der Waals surface area contributed by atoms with Crippen molar-refractivity contribution < 1.29 is 4.42 Å². The smallest absolute Gasteiger partial charge is 0.159 e. The molecule has 0 aliphatic carbocycles. The van der Waals surface area contributed by atoms with E-state index in [2.05, 4.69) is 114 Å². The molecule has 0 unspecified atom stereocenters. The van der Waals surface area contributed by atoms with Crippen molar-refractivity contribution in [2.45, 2.75) is 0 Å². The van der Waals surface area contributed by atoms with Gasteiger partial charge in [0.2, 0.25) is 0 Å². The van der Waals surface area contributed by atoms with Crippen LogP contribution in [0.1, 0.15) is 0 Å². The minimum Gasteiger partial charge on any atom is -0.454 e. The molecule has 3 aromatic heterocycles. The van der Waals surface area contributed by atoms with Gasteiger partial charge in [0.25, 0.3) is 0 Å². The summed E-state index contributed by atoms with van der Waals surface area (Å²) >= 11 is 1.83. The molecular formula is C35H20N2OS. The number of rotatable bonds is 2. The predicted molar refractivity (Wildman–Crippen MR) is 164 cm³/mol. The summed E-state index contributed by atoms with van der Waals surface area (Å²) in [4.78, 5) is 5.32.